The number of aromatic hydroxyl groups is 1. The molecule has 1 aromatic carbocycles. The first-order chi connectivity index (χ1) is 9.25. The second kappa shape index (κ2) is 6.11. The number of hydrogen-bond donors (Lipinski definition) is 1. The molecule has 0 spiro atoms. The molecule has 3 aromatic rings. The topological polar surface area (TPSA) is 50.9 Å². The largest absolute Gasteiger partial charge is 0.506 e. The Balaban J connectivity index is 0.00000147. The maximum Gasteiger partial charge on any atom is 0.141 e. The van der Waals surface area contributed by atoms with Crippen molar-refractivity contribution in [3.05, 3.63) is 59.3 Å². The van der Waals surface area contributed by atoms with Crippen molar-refractivity contribution < 1.29 is 5.11 Å². The molecule has 0 aliphatic rings. The van der Waals surface area contributed by atoms with Gasteiger partial charge in [-0.3, -0.25) is 4.98 Å². The molecule has 0 bridgehead atoms. The molecule has 20 heavy (non-hydrogen) atoms. The van der Waals surface area contributed by atoms with Crippen molar-refractivity contribution in [2.75, 3.05) is 0 Å². The van der Waals surface area contributed by atoms with Crippen LogP contribution < -0.4 is 0 Å². The summed E-state index contributed by atoms with van der Waals surface area (Å²) in [6, 6.07) is 11.0. The summed E-state index contributed by atoms with van der Waals surface area (Å²) in [5, 5.41) is 10.5. The lowest BCUT2D eigenvalue weighted by molar-refractivity contribution is 0.480. The molecule has 3 rings (SSSR count). The fourth-order valence-electron chi connectivity index (χ4n) is 1.95. The number of phenols is 1. The van der Waals surface area contributed by atoms with Gasteiger partial charge in [-0.2, -0.15) is 0 Å². The lowest BCUT2D eigenvalue weighted by Crippen LogP contribution is -2.04. The van der Waals surface area contributed by atoms with E-state index in [0.717, 1.165) is 11.1 Å². The first kappa shape index (κ1) is 14.6. The van der Waals surface area contributed by atoms with E-state index in [2.05, 4.69) is 9.97 Å². The lowest BCUT2D eigenvalue weighted by atomic mass is 10.2. The van der Waals surface area contributed by atoms with Crippen LogP contribution in [-0.4, -0.2) is 19.6 Å². The molecule has 0 atom stereocenters. The van der Waals surface area contributed by atoms with Gasteiger partial charge in [0.05, 0.1) is 18.6 Å². The van der Waals surface area contributed by atoms with Crippen molar-refractivity contribution >= 4 is 40.1 Å². The summed E-state index contributed by atoms with van der Waals surface area (Å²) in [5.74, 6) is 0.147. The highest BCUT2D eigenvalue weighted by molar-refractivity contribution is 8.93. The maximum absolute atomic E-state index is 9.75. The Morgan fingerprint density at radius 3 is 2.70 bits per heavy atom. The van der Waals surface area contributed by atoms with Crippen molar-refractivity contribution in [3.63, 3.8) is 0 Å². The predicted molar refractivity (Wildman–Crippen MR) is 85.9 cm³/mol. The molecule has 0 fully saturated rings. The Hall–Kier alpha value is -1.79. The van der Waals surface area contributed by atoms with Crippen LogP contribution in [0.2, 0.25) is 0 Å². The molecule has 0 aliphatic carbocycles. The molecule has 0 saturated carbocycles. The van der Waals surface area contributed by atoms with Crippen molar-refractivity contribution in [2.45, 2.75) is 6.54 Å². The highest BCUT2D eigenvalue weighted by atomic mass is 79.9. The maximum atomic E-state index is 9.75. The van der Waals surface area contributed by atoms with Crippen LogP contribution in [0, 0.1) is 4.64 Å². The van der Waals surface area contributed by atoms with Crippen LogP contribution in [0.5, 0.6) is 5.75 Å². The molecule has 0 aliphatic heterocycles. The van der Waals surface area contributed by atoms with Crippen LogP contribution >= 0.6 is 29.2 Å². The van der Waals surface area contributed by atoms with Crippen LogP contribution in [0.4, 0.5) is 0 Å². The van der Waals surface area contributed by atoms with Gasteiger partial charge in [0.1, 0.15) is 15.9 Å². The number of halogens is 1. The monoisotopic (exact) mass is 349 g/mol. The molecule has 0 saturated heterocycles. The predicted octanol–water partition coefficient (Wildman–Crippen LogP) is 3.49. The quantitative estimate of drug-likeness (QED) is 0.719. The van der Waals surface area contributed by atoms with Crippen molar-refractivity contribution in [1.29, 1.82) is 0 Å². The van der Waals surface area contributed by atoms with Crippen LogP contribution in [-0.2, 0) is 6.54 Å². The zero-order valence-corrected chi connectivity index (χ0v) is 13.0. The zero-order chi connectivity index (χ0) is 13.2. The van der Waals surface area contributed by atoms with Crippen molar-refractivity contribution in [2.24, 2.45) is 0 Å². The van der Waals surface area contributed by atoms with E-state index in [9.17, 15) is 5.11 Å². The Morgan fingerprint density at radius 1 is 1.10 bits per heavy atom. The SMILES string of the molecule is Br.Oc1cccc2c(=S)n(Cc3ccccn3)cnc12. The number of pyridine rings is 1. The van der Waals surface area contributed by atoms with Gasteiger partial charge < -0.3 is 9.67 Å². The number of aromatic nitrogens is 3. The number of fused-ring (bicyclic) bond motifs is 1. The summed E-state index contributed by atoms with van der Waals surface area (Å²) in [6.45, 7) is 0.568. The number of phenolic OH excluding ortho intramolecular Hbond substituents is 1. The van der Waals surface area contributed by atoms with Crippen LogP contribution in [0.3, 0.4) is 0 Å². The number of benzene rings is 1. The van der Waals surface area contributed by atoms with Gasteiger partial charge in [0, 0.05) is 11.6 Å². The van der Waals surface area contributed by atoms with Crippen LogP contribution in [0.25, 0.3) is 10.9 Å². The Labute approximate surface area is 131 Å². The summed E-state index contributed by atoms with van der Waals surface area (Å²) in [6.07, 6.45) is 3.39. The number of hydrogen-bond acceptors (Lipinski definition) is 4. The van der Waals surface area contributed by atoms with E-state index in [4.69, 9.17) is 12.2 Å². The summed E-state index contributed by atoms with van der Waals surface area (Å²) in [5.41, 5.74) is 1.45. The van der Waals surface area contributed by atoms with Gasteiger partial charge >= 0.3 is 0 Å². The van der Waals surface area contributed by atoms with E-state index < -0.39 is 0 Å². The summed E-state index contributed by atoms with van der Waals surface area (Å²) in [7, 11) is 0. The van der Waals surface area contributed by atoms with Crippen molar-refractivity contribution in [1.82, 2.24) is 14.5 Å². The van der Waals surface area contributed by atoms with Gasteiger partial charge in [-0.1, -0.05) is 24.4 Å². The van der Waals surface area contributed by atoms with Crippen LogP contribution in [0.15, 0.2) is 48.9 Å². The van der Waals surface area contributed by atoms with Gasteiger partial charge in [-0.15, -0.1) is 17.0 Å². The normalized spacial score (nSPS) is 10.2. The number of rotatable bonds is 2. The number of nitrogens with zero attached hydrogens (tertiary/aromatic N) is 3. The fourth-order valence-corrected chi connectivity index (χ4v) is 2.23. The van der Waals surface area contributed by atoms with E-state index in [-0.39, 0.29) is 22.7 Å². The summed E-state index contributed by atoms with van der Waals surface area (Å²) < 4.78 is 2.49. The molecule has 0 unspecified atom stereocenters. The first-order valence-corrected chi connectivity index (χ1v) is 6.23. The molecule has 0 amide bonds. The van der Waals surface area contributed by atoms with E-state index in [0.29, 0.717) is 16.7 Å². The third kappa shape index (κ3) is 2.71. The molecule has 2 heterocycles. The summed E-state index contributed by atoms with van der Waals surface area (Å²) >= 11 is 5.44. The average Bonchev–Trinajstić information content (AvgIpc) is 2.44. The van der Waals surface area contributed by atoms with Gasteiger partial charge in [0.2, 0.25) is 0 Å². The molecule has 6 heteroatoms. The van der Waals surface area contributed by atoms with Gasteiger partial charge in [0.25, 0.3) is 0 Å². The first-order valence-electron chi connectivity index (χ1n) is 5.83. The minimum absolute atomic E-state index is 0. The standard InChI is InChI=1S/C14H11N3OS.BrH/c18-12-6-3-5-11-13(12)16-9-17(14(11)19)8-10-4-1-2-7-15-10;/h1-7,9,18H,8H2;1H. The fraction of sp³-hybridized carbons (Fsp3) is 0.0714. The summed E-state index contributed by atoms with van der Waals surface area (Å²) in [4.78, 5) is 8.52. The third-order valence-electron chi connectivity index (χ3n) is 2.89. The molecule has 1 N–H and O–H groups in total. The second-order valence-electron chi connectivity index (χ2n) is 4.17. The minimum Gasteiger partial charge on any atom is -0.506 e. The Kier molecular flexibility index (Phi) is 4.46. The average molecular weight is 350 g/mol. The van der Waals surface area contributed by atoms with Crippen LogP contribution in [0.1, 0.15) is 5.69 Å². The molecule has 4 nitrogen and oxygen atoms in total. The third-order valence-corrected chi connectivity index (χ3v) is 3.35. The zero-order valence-electron chi connectivity index (χ0n) is 10.4. The highest BCUT2D eigenvalue weighted by Gasteiger charge is 2.05. The number of para-hydroxylation sites is 1. The Bertz CT molecular complexity index is 789. The van der Waals surface area contributed by atoms with Gasteiger partial charge in [-0.05, 0) is 24.3 Å². The highest BCUT2D eigenvalue weighted by Crippen LogP contribution is 2.22. The van der Waals surface area contributed by atoms with E-state index in [1.807, 2.05) is 28.8 Å². The van der Waals surface area contributed by atoms with Gasteiger partial charge in [0.15, 0.2) is 0 Å². The van der Waals surface area contributed by atoms with Crippen molar-refractivity contribution in [3.8, 4) is 5.75 Å². The molecule has 2 aromatic heterocycles. The van der Waals surface area contributed by atoms with E-state index in [1.165, 1.54) is 0 Å². The molecular weight excluding hydrogens is 338 g/mol. The van der Waals surface area contributed by atoms with E-state index >= 15 is 0 Å². The second-order valence-corrected chi connectivity index (χ2v) is 4.56. The lowest BCUT2D eigenvalue weighted by Gasteiger charge is -2.08. The van der Waals surface area contributed by atoms with Gasteiger partial charge in [-0.25, -0.2) is 4.98 Å². The molecule has 0 radical (unpaired) electrons. The molecule has 102 valence electrons. The molecular formula is C14H12BrN3OS. The van der Waals surface area contributed by atoms with E-state index in [1.54, 1.807) is 24.7 Å². The Morgan fingerprint density at radius 2 is 1.95 bits per heavy atom. The smallest absolute Gasteiger partial charge is 0.141 e. The minimum atomic E-state index is 0.